The molecule has 0 aromatic carbocycles. The van der Waals surface area contributed by atoms with Crippen molar-refractivity contribution >= 4 is 0 Å². The lowest BCUT2D eigenvalue weighted by Gasteiger charge is -2.23. The molecule has 0 aromatic rings. The molecular formula is C10H19NO2. The van der Waals surface area contributed by atoms with E-state index in [0.717, 1.165) is 12.8 Å². The van der Waals surface area contributed by atoms with Crippen LogP contribution in [0.15, 0.2) is 0 Å². The third-order valence-electron chi connectivity index (χ3n) is 1.92. The van der Waals surface area contributed by atoms with Gasteiger partial charge in [0.1, 0.15) is 0 Å². The molecule has 0 saturated heterocycles. The largest absolute Gasteiger partial charge is 0.354 e. The summed E-state index contributed by atoms with van der Waals surface area (Å²) in [6.07, 6.45) is 1.61. The van der Waals surface area contributed by atoms with E-state index in [1.54, 1.807) is 14.2 Å². The summed E-state index contributed by atoms with van der Waals surface area (Å²) >= 11 is 0. The van der Waals surface area contributed by atoms with E-state index in [9.17, 15) is 0 Å². The maximum Gasteiger partial charge on any atom is 0.172 e. The fourth-order valence-electron chi connectivity index (χ4n) is 1.19. The summed E-state index contributed by atoms with van der Waals surface area (Å²) in [5.41, 5.74) is 0. The predicted molar refractivity (Wildman–Crippen MR) is 53.3 cm³/mol. The number of hydrogen-bond acceptors (Lipinski definition) is 3. The Balaban J connectivity index is 3.89. The van der Waals surface area contributed by atoms with Gasteiger partial charge in [-0.15, -0.1) is 11.8 Å². The summed E-state index contributed by atoms with van der Waals surface area (Å²) in [5.74, 6) is 5.88. The summed E-state index contributed by atoms with van der Waals surface area (Å²) in [6.45, 7) is 1.85. The smallest absolute Gasteiger partial charge is 0.172 e. The molecule has 0 aliphatic rings. The first-order valence-corrected chi connectivity index (χ1v) is 4.42. The number of hydrogen-bond donors (Lipinski definition) is 1. The number of likely N-dealkylation sites (N-methyl/N-ethyl adjacent to an activating group) is 1. The first-order valence-electron chi connectivity index (χ1n) is 4.42. The van der Waals surface area contributed by atoms with Crippen molar-refractivity contribution in [3.05, 3.63) is 0 Å². The molecule has 0 bridgehead atoms. The Hall–Kier alpha value is -0.560. The van der Waals surface area contributed by atoms with Gasteiger partial charge >= 0.3 is 0 Å². The van der Waals surface area contributed by atoms with Gasteiger partial charge in [-0.05, 0) is 20.4 Å². The van der Waals surface area contributed by atoms with E-state index in [2.05, 4.69) is 17.2 Å². The van der Waals surface area contributed by atoms with Gasteiger partial charge in [-0.3, -0.25) is 0 Å². The zero-order valence-corrected chi connectivity index (χ0v) is 8.89. The van der Waals surface area contributed by atoms with Gasteiger partial charge in [0.05, 0.1) is 6.04 Å². The predicted octanol–water partition coefficient (Wildman–Crippen LogP) is 0.997. The maximum absolute atomic E-state index is 5.15. The molecule has 0 fully saturated rings. The van der Waals surface area contributed by atoms with Crippen LogP contribution in [0.1, 0.15) is 19.8 Å². The molecule has 0 saturated carbocycles. The topological polar surface area (TPSA) is 30.5 Å². The summed E-state index contributed by atoms with van der Waals surface area (Å²) in [4.78, 5) is 0. The van der Waals surface area contributed by atoms with Crippen molar-refractivity contribution in [1.29, 1.82) is 0 Å². The second-order valence-corrected chi connectivity index (χ2v) is 2.70. The highest BCUT2D eigenvalue weighted by molar-refractivity contribution is 4.95. The third-order valence-corrected chi connectivity index (χ3v) is 1.92. The minimum absolute atomic E-state index is 0.191. The van der Waals surface area contributed by atoms with Gasteiger partial charge in [0, 0.05) is 20.6 Å². The molecule has 0 amide bonds. The lowest BCUT2D eigenvalue weighted by atomic mass is 10.1. The molecule has 0 aromatic heterocycles. The first kappa shape index (κ1) is 12.4. The zero-order valence-electron chi connectivity index (χ0n) is 8.89. The number of ether oxygens (including phenoxy) is 2. The van der Waals surface area contributed by atoms with Crippen LogP contribution in [0.2, 0.25) is 0 Å². The molecule has 1 unspecified atom stereocenters. The monoisotopic (exact) mass is 185 g/mol. The molecular weight excluding hydrogens is 166 g/mol. The molecule has 76 valence electrons. The van der Waals surface area contributed by atoms with E-state index in [0.29, 0.717) is 0 Å². The fraction of sp³-hybridized carbons (Fsp3) is 0.800. The molecule has 3 nitrogen and oxygen atoms in total. The Bertz CT molecular complexity index is 167. The molecule has 0 aliphatic heterocycles. The molecule has 0 spiro atoms. The van der Waals surface area contributed by atoms with Crippen LogP contribution in [0.5, 0.6) is 0 Å². The second kappa shape index (κ2) is 8.06. The van der Waals surface area contributed by atoms with Crippen LogP contribution in [0.4, 0.5) is 0 Å². The fourth-order valence-corrected chi connectivity index (χ4v) is 1.19. The quantitative estimate of drug-likeness (QED) is 0.494. The zero-order chi connectivity index (χ0) is 10.1. The van der Waals surface area contributed by atoms with E-state index in [-0.39, 0.29) is 12.3 Å². The Kier molecular flexibility index (Phi) is 7.71. The van der Waals surface area contributed by atoms with Gasteiger partial charge in [0.25, 0.3) is 0 Å². The summed E-state index contributed by atoms with van der Waals surface area (Å²) in [5, 5.41) is 3.15. The number of methoxy groups -OCH3 is 2. The van der Waals surface area contributed by atoms with E-state index in [4.69, 9.17) is 9.47 Å². The summed E-state index contributed by atoms with van der Waals surface area (Å²) < 4.78 is 10.3. The Morgan fingerprint density at radius 2 is 1.92 bits per heavy atom. The van der Waals surface area contributed by atoms with Crippen molar-refractivity contribution in [3.8, 4) is 11.8 Å². The number of rotatable bonds is 6. The van der Waals surface area contributed by atoms with Crippen LogP contribution in [0.3, 0.4) is 0 Å². The maximum atomic E-state index is 5.15. The van der Waals surface area contributed by atoms with Gasteiger partial charge in [0.2, 0.25) is 0 Å². The van der Waals surface area contributed by atoms with E-state index >= 15 is 0 Å². The highest BCUT2D eigenvalue weighted by Crippen LogP contribution is 2.05. The molecule has 0 aliphatic carbocycles. The second-order valence-electron chi connectivity index (χ2n) is 2.70. The molecule has 0 radical (unpaired) electrons. The van der Waals surface area contributed by atoms with Crippen molar-refractivity contribution in [2.45, 2.75) is 32.1 Å². The molecule has 0 rings (SSSR count). The van der Waals surface area contributed by atoms with Crippen molar-refractivity contribution in [2.75, 3.05) is 21.3 Å². The standard InChI is InChI=1S/C10H19NO2/c1-5-6-7-8-9(11-2)10(12-3)13-4/h9-11H,7-8H2,1-4H3. The van der Waals surface area contributed by atoms with Gasteiger partial charge < -0.3 is 14.8 Å². The summed E-state index contributed by atoms with van der Waals surface area (Å²) in [7, 11) is 5.18. The van der Waals surface area contributed by atoms with Crippen LogP contribution in [-0.2, 0) is 9.47 Å². The van der Waals surface area contributed by atoms with Crippen molar-refractivity contribution in [1.82, 2.24) is 5.32 Å². The SMILES string of the molecule is CC#CCCC(NC)C(OC)OC. The van der Waals surface area contributed by atoms with Crippen LogP contribution in [0, 0.1) is 11.8 Å². The van der Waals surface area contributed by atoms with Crippen LogP contribution >= 0.6 is 0 Å². The van der Waals surface area contributed by atoms with Crippen LogP contribution in [0.25, 0.3) is 0 Å². The van der Waals surface area contributed by atoms with Crippen molar-refractivity contribution < 1.29 is 9.47 Å². The summed E-state index contributed by atoms with van der Waals surface area (Å²) in [6, 6.07) is 0.204. The van der Waals surface area contributed by atoms with Crippen molar-refractivity contribution in [3.63, 3.8) is 0 Å². The Labute approximate surface area is 80.8 Å². The van der Waals surface area contributed by atoms with Gasteiger partial charge in [0.15, 0.2) is 6.29 Å². The lowest BCUT2D eigenvalue weighted by Crippen LogP contribution is -2.39. The van der Waals surface area contributed by atoms with Gasteiger partial charge in [-0.25, -0.2) is 0 Å². The minimum Gasteiger partial charge on any atom is -0.354 e. The third kappa shape index (κ3) is 4.89. The first-order chi connectivity index (χ1) is 6.29. The average molecular weight is 185 g/mol. The highest BCUT2D eigenvalue weighted by Gasteiger charge is 2.17. The minimum atomic E-state index is -0.191. The van der Waals surface area contributed by atoms with E-state index in [1.807, 2.05) is 14.0 Å². The van der Waals surface area contributed by atoms with Crippen LogP contribution in [-0.4, -0.2) is 33.6 Å². The van der Waals surface area contributed by atoms with E-state index in [1.165, 1.54) is 0 Å². The molecule has 13 heavy (non-hydrogen) atoms. The normalized spacial score (nSPS) is 12.4. The van der Waals surface area contributed by atoms with Crippen molar-refractivity contribution in [2.24, 2.45) is 0 Å². The molecule has 1 N–H and O–H groups in total. The van der Waals surface area contributed by atoms with E-state index < -0.39 is 0 Å². The van der Waals surface area contributed by atoms with Crippen LogP contribution < -0.4 is 5.32 Å². The molecule has 0 heterocycles. The van der Waals surface area contributed by atoms with Gasteiger partial charge in [-0.1, -0.05) is 0 Å². The average Bonchev–Trinajstić information content (AvgIpc) is 2.17. The lowest BCUT2D eigenvalue weighted by molar-refractivity contribution is -0.122. The Morgan fingerprint density at radius 1 is 1.31 bits per heavy atom. The highest BCUT2D eigenvalue weighted by atomic mass is 16.7. The molecule has 1 atom stereocenters. The number of nitrogens with one attached hydrogen (secondary N) is 1. The molecule has 3 heteroatoms. The van der Waals surface area contributed by atoms with Gasteiger partial charge in [-0.2, -0.15) is 0 Å². The Morgan fingerprint density at radius 3 is 2.31 bits per heavy atom.